The van der Waals surface area contributed by atoms with Gasteiger partial charge in [-0.25, -0.2) is 0 Å². The fraction of sp³-hybridized carbons (Fsp3) is 0.571. The average molecular weight is 219 g/mol. The summed E-state index contributed by atoms with van der Waals surface area (Å²) in [6, 6.07) is 9.08. The molecular formula is C14H21NO. The first-order valence-electron chi connectivity index (χ1n) is 6.27. The Bertz CT molecular complexity index is 337. The Hall–Kier alpha value is -1.02. The molecule has 2 rings (SSSR count). The van der Waals surface area contributed by atoms with Crippen LogP contribution in [0, 0.1) is 0 Å². The number of aryl methyl sites for hydroxylation is 1. The van der Waals surface area contributed by atoms with Crippen molar-refractivity contribution < 1.29 is 4.74 Å². The topological polar surface area (TPSA) is 21.3 Å². The van der Waals surface area contributed by atoms with Crippen LogP contribution in [-0.2, 0) is 11.2 Å². The summed E-state index contributed by atoms with van der Waals surface area (Å²) in [7, 11) is 0. The Labute approximate surface area is 98.0 Å². The summed E-state index contributed by atoms with van der Waals surface area (Å²) in [4.78, 5) is 0. The van der Waals surface area contributed by atoms with Gasteiger partial charge in [0.1, 0.15) is 0 Å². The van der Waals surface area contributed by atoms with Gasteiger partial charge in [0.25, 0.3) is 0 Å². The summed E-state index contributed by atoms with van der Waals surface area (Å²) in [5.74, 6) is 0. The van der Waals surface area contributed by atoms with Crippen LogP contribution in [0.1, 0.15) is 32.3 Å². The SMILES string of the molecule is CCCc1ccccc1NC1CCOC1C. The second-order valence-corrected chi connectivity index (χ2v) is 4.52. The number of para-hydroxylation sites is 1. The second-order valence-electron chi connectivity index (χ2n) is 4.52. The molecule has 1 fully saturated rings. The largest absolute Gasteiger partial charge is 0.379 e. The second kappa shape index (κ2) is 5.35. The first-order valence-corrected chi connectivity index (χ1v) is 6.27. The molecule has 1 aliphatic rings. The summed E-state index contributed by atoms with van der Waals surface area (Å²) in [5.41, 5.74) is 2.70. The number of hydrogen-bond acceptors (Lipinski definition) is 2. The number of anilines is 1. The minimum atomic E-state index is 0.328. The van der Waals surface area contributed by atoms with Gasteiger partial charge < -0.3 is 10.1 Å². The van der Waals surface area contributed by atoms with E-state index in [0.717, 1.165) is 19.4 Å². The first kappa shape index (κ1) is 11.5. The standard InChI is InChI=1S/C14H21NO/c1-3-6-12-7-4-5-8-14(12)15-13-9-10-16-11(13)2/h4-5,7-8,11,13,15H,3,6,9-10H2,1-2H3. The zero-order valence-electron chi connectivity index (χ0n) is 10.2. The Balaban J connectivity index is 2.07. The molecule has 2 heteroatoms. The van der Waals surface area contributed by atoms with E-state index in [2.05, 4.69) is 43.4 Å². The smallest absolute Gasteiger partial charge is 0.0748 e. The third-order valence-electron chi connectivity index (χ3n) is 3.25. The van der Waals surface area contributed by atoms with Crippen molar-refractivity contribution in [2.45, 2.75) is 45.3 Å². The first-order chi connectivity index (χ1) is 7.81. The van der Waals surface area contributed by atoms with Gasteiger partial charge in [0.05, 0.1) is 12.1 Å². The van der Waals surface area contributed by atoms with Crippen LogP contribution >= 0.6 is 0 Å². The molecule has 2 atom stereocenters. The van der Waals surface area contributed by atoms with Crippen LogP contribution in [0.3, 0.4) is 0 Å². The van der Waals surface area contributed by atoms with Crippen LogP contribution in [0.15, 0.2) is 24.3 Å². The van der Waals surface area contributed by atoms with Crippen molar-refractivity contribution in [2.75, 3.05) is 11.9 Å². The molecule has 1 saturated heterocycles. The van der Waals surface area contributed by atoms with Gasteiger partial charge in [-0.2, -0.15) is 0 Å². The molecule has 0 aromatic heterocycles. The molecule has 1 aromatic rings. The third-order valence-corrected chi connectivity index (χ3v) is 3.25. The average Bonchev–Trinajstić information content (AvgIpc) is 2.68. The number of rotatable bonds is 4. The molecule has 1 aliphatic heterocycles. The fourth-order valence-corrected chi connectivity index (χ4v) is 2.27. The van der Waals surface area contributed by atoms with Gasteiger partial charge in [-0.15, -0.1) is 0 Å². The van der Waals surface area contributed by atoms with Crippen molar-refractivity contribution in [2.24, 2.45) is 0 Å². The van der Waals surface area contributed by atoms with Crippen molar-refractivity contribution in [1.29, 1.82) is 0 Å². The van der Waals surface area contributed by atoms with Crippen LogP contribution < -0.4 is 5.32 Å². The Kier molecular flexibility index (Phi) is 3.83. The molecule has 0 spiro atoms. The zero-order chi connectivity index (χ0) is 11.4. The van der Waals surface area contributed by atoms with Crippen molar-refractivity contribution in [3.8, 4) is 0 Å². The van der Waals surface area contributed by atoms with E-state index < -0.39 is 0 Å². The van der Waals surface area contributed by atoms with Crippen LogP contribution in [-0.4, -0.2) is 18.8 Å². The van der Waals surface area contributed by atoms with Crippen LogP contribution in [0.5, 0.6) is 0 Å². The maximum Gasteiger partial charge on any atom is 0.0748 e. The molecule has 16 heavy (non-hydrogen) atoms. The van der Waals surface area contributed by atoms with Gasteiger partial charge in [0.15, 0.2) is 0 Å². The molecule has 0 saturated carbocycles. The fourth-order valence-electron chi connectivity index (χ4n) is 2.27. The molecule has 2 nitrogen and oxygen atoms in total. The third kappa shape index (κ3) is 2.56. The highest BCUT2D eigenvalue weighted by atomic mass is 16.5. The van der Waals surface area contributed by atoms with E-state index in [-0.39, 0.29) is 0 Å². The minimum absolute atomic E-state index is 0.328. The lowest BCUT2D eigenvalue weighted by Crippen LogP contribution is -2.27. The highest BCUT2D eigenvalue weighted by molar-refractivity contribution is 5.52. The summed E-state index contributed by atoms with van der Waals surface area (Å²) in [5, 5.41) is 3.62. The summed E-state index contributed by atoms with van der Waals surface area (Å²) in [6.45, 7) is 5.25. The predicted molar refractivity (Wildman–Crippen MR) is 67.9 cm³/mol. The Morgan fingerprint density at radius 2 is 2.19 bits per heavy atom. The van der Waals surface area contributed by atoms with Gasteiger partial charge >= 0.3 is 0 Å². The number of hydrogen-bond donors (Lipinski definition) is 1. The quantitative estimate of drug-likeness (QED) is 0.839. The highest BCUT2D eigenvalue weighted by Crippen LogP contribution is 2.22. The van der Waals surface area contributed by atoms with Crippen LogP contribution in [0.25, 0.3) is 0 Å². The zero-order valence-corrected chi connectivity index (χ0v) is 10.2. The van der Waals surface area contributed by atoms with Crippen LogP contribution in [0.2, 0.25) is 0 Å². The van der Waals surface area contributed by atoms with E-state index in [1.165, 1.54) is 17.7 Å². The lowest BCUT2D eigenvalue weighted by molar-refractivity contribution is 0.121. The Morgan fingerprint density at radius 3 is 2.88 bits per heavy atom. The number of benzene rings is 1. The van der Waals surface area contributed by atoms with Gasteiger partial charge in [-0.05, 0) is 31.4 Å². The predicted octanol–water partition coefficient (Wildman–Crippen LogP) is 3.23. The number of ether oxygens (including phenoxy) is 1. The molecule has 88 valence electrons. The van der Waals surface area contributed by atoms with Gasteiger partial charge in [0, 0.05) is 12.3 Å². The lowest BCUT2D eigenvalue weighted by Gasteiger charge is -2.19. The van der Waals surface area contributed by atoms with Crippen molar-refractivity contribution in [1.82, 2.24) is 0 Å². The van der Waals surface area contributed by atoms with E-state index >= 15 is 0 Å². The van der Waals surface area contributed by atoms with E-state index in [1.54, 1.807) is 0 Å². The molecule has 1 N–H and O–H groups in total. The van der Waals surface area contributed by atoms with E-state index in [4.69, 9.17) is 4.74 Å². The molecule has 0 aliphatic carbocycles. The van der Waals surface area contributed by atoms with Crippen LogP contribution in [0.4, 0.5) is 5.69 Å². The molecule has 2 unspecified atom stereocenters. The monoisotopic (exact) mass is 219 g/mol. The van der Waals surface area contributed by atoms with Crippen molar-refractivity contribution in [3.63, 3.8) is 0 Å². The van der Waals surface area contributed by atoms with Gasteiger partial charge in [-0.1, -0.05) is 31.5 Å². The summed E-state index contributed by atoms with van der Waals surface area (Å²) < 4.78 is 5.57. The highest BCUT2D eigenvalue weighted by Gasteiger charge is 2.24. The van der Waals surface area contributed by atoms with E-state index in [9.17, 15) is 0 Å². The minimum Gasteiger partial charge on any atom is -0.379 e. The van der Waals surface area contributed by atoms with Gasteiger partial charge in [-0.3, -0.25) is 0 Å². The molecule has 0 bridgehead atoms. The molecular weight excluding hydrogens is 198 g/mol. The molecule has 0 radical (unpaired) electrons. The summed E-state index contributed by atoms with van der Waals surface area (Å²) in [6.07, 6.45) is 3.78. The normalized spacial score (nSPS) is 24.6. The molecule has 1 aromatic carbocycles. The van der Waals surface area contributed by atoms with Gasteiger partial charge in [0.2, 0.25) is 0 Å². The Morgan fingerprint density at radius 1 is 1.38 bits per heavy atom. The van der Waals surface area contributed by atoms with Crippen molar-refractivity contribution >= 4 is 5.69 Å². The lowest BCUT2D eigenvalue weighted by atomic mass is 10.1. The molecule has 1 heterocycles. The maximum atomic E-state index is 5.57. The number of nitrogens with one attached hydrogen (secondary N) is 1. The van der Waals surface area contributed by atoms with Crippen molar-refractivity contribution in [3.05, 3.63) is 29.8 Å². The molecule has 0 amide bonds. The van der Waals surface area contributed by atoms with E-state index in [0.29, 0.717) is 12.1 Å². The summed E-state index contributed by atoms with van der Waals surface area (Å²) >= 11 is 0. The maximum absolute atomic E-state index is 5.57. The van der Waals surface area contributed by atoms with E-state index in [1.807, 2.05) is 0 Å².